The van der Waals surface area contributed by atoms with Crippen molar-refractivity contribution in [3.8, 4) is 11.3 Å². The van der Waals surface area contributed by atoms with E-state index < -0.39 is 4.92 Å². The van der Waals surface area contributed by atoms with Crippen LogP contribution in [0.15, 0.2) is 83.4 Å². The summed E-state index contributed by atoms with van der Waals surface area (Å²) in [6, 6.07) is 21.8. The lowest BCUT2D eigenvalue weighted by Crippen LogP contribution is -2.20. The average Bonchev–Trinajstić information content (AvgIpc) is 3.25. The standard InChI is InChI=1S/C23H17N3O4/c27-23(12-7-16-5-10-21(11-6-16)26(28)29)24-15-20-14-22(30-25-20)19-9-8-17-3-1-2-4-18(17)13-19/h1-14H,15H2,(H,24,27)/b12-7-. The fourth-order valence-electron chi connectivity index (χ4n) is 2.99. The first kappa shape index (κ1) is 19.1. The van der Waals surface area contributed by atoms with Gasteiger partial charge in [-0.05, 0) is 40.6 Å². The molecule has 0 saturated carbocycles. The molecule has 0 fully saturated rings. The minimum atomic E-state index is -0.468. The van der Waals surface area contributed by atoms with Gasteiger partial charge in [0.1, 0.15) is 5.69 Å². The van der Waals surface area contributed by atoms with E-state index >= 15 is 0 Å². The molecule has 0 atom stereocenters. The second kappa shape index (κ2) is 8.40. The van der Waals surface area contributed by atoms with E-state index in [0.717, 1.165) is 16.3 Å². The molecule has 4 aromatic rings. The minimum absolute atomic E-state index is 0.00449. The molecule has 0 bridgehead atoms. The Morgan fingerprint density at radius 1 is 1.03 bits per heavy atom. The molecule has 0 spiro atoms. The quantitative estimate of drug-likeness (QED) is 0.287. The zero-order valence-electron chi connectivity index (χ0n) is 15.8. The van der Waals surface area contributed by atoms with Crippen molar-refractivity contribution in [2.45, 2.75) is 6.54 Å². The van der Waals surface area contributed by atoms with Crippen molar-refractivity contribution in [1.29, 1.82) is 0 Å². The molecule has 3 aromatic carbocycles. The molecule has 0 unspecified atom stereocenters. The highest BCUT2D eigenvalue weighted by Crippen LogP contribution is 2.25. The lowest BCUT2D eigenvalue weighted by Gasteiger charge is -2.00. The second-order valence-electron chi connectivity index (χ2n) is 6.64. The van der Waals surface area contributed by atoms with E-state index in [-0.39, 0.29) is 18.1 Å². The van der Waals surface area contributed by atoms with E-state index in [1.54, 1.807) is 24.3 Å². The Kier molecular flexibility index (Phi) is 5.34. The van der Waals surface area contributed by atoms with Crippen LogP contribution >= 0.6 is 0 Å². The van der Waals surface area contributed by atoms with Gasteiger partial charge in [-0.1, -0.05) is 41.6 Å². The van der Waals surface area contributed by atoms with Crippen LogP contribution in [-0.4, -0.2) is 16.0 Å². The molecule has 148 valence electrons. The summed E-state index contributed by atoms with van der Waals surface area (Å²) in [6.07, 6.45) is 2.95. The van der Waals surface area contributed by atoms with Crippen molar-refractivity contribution < 1.29 is 14.2 Å². The summed E-state index contributed by atoms with van der Waals surface area (Å²) in [6.45, 7) is 0.223. The van der Waals surface area contributed by atoms with Crippen LogP contribution in [0, 0.1) is 10.1 Å². The first-order valence-electron chi connectivity index (χ1n) is 9.24. The summed E-state index contributed by atoms with van der Waals surface area (Å²) in [5.74, 6) is 0.329. The van der Waals surface area contributed by atoms with Gasteiger partial charge in [0.15, 0.2) is 5.76 Å². The third-order valence-corrected chi connectivity index (χ3v) is 4.57. The predicted octanol–water partition coefficient (Wildman–Crippen LogP) is 4.73. The van der Waals surface area contributed by atoms with Crippen molar-refractivity contribution >= 4 is 28.4 Å². The molecule has 7 nitrogen and oxygen atoms in total. The summed E-state index contributed by atoms with van der Waals surface area (Å²) in [5, 5.41) is 19.7. The number of hydrogen-bond donors (Lipinski definition) is 1. The van der Waals surface area contributed by atoms with Crippen LogP contribution in [0.4, 0.5) is 5.69 Å². The molecule has 30 heavy (non-hydrogen) atoms. The Morgan fingerprint density at radius 3 is 2.57 bits per heavy atom. The summed E-state index contributed by atoms with van der Waals surface area (Å²) in [4.78, 5) is 22.2. The number of nitro benzene ring substituents is 1. The molecule has 7 heteroatoms. The predicted molar refractivity (Wildman–Crippen MR) is 113 cm³/mol. The van der Waals surface area contributed by atoms with Gasteiger partial charge < -0.3 is 9.84 Å². The molecule has 0 radical (unpaired) electrons. The van der Waals surface area contributed by atoms with Crippen molar-refractivity contribution in [3.63, 3.8) is 0 Å². The molecular weight excluding hydrogens is 382 g/mol. The summed E-state index contributed by atoms with van der Waals surface area (Å²) in [7, 11) is 0. The van der Waals surface area contributed by atoms with E-state index in [1.165, 1.54) is 18.2 Å². The second-order valence-corrected chi connectivity index (χ2v) is 6.64. The molecule has 0 aliphatic rings. The maximum absolute atomic E-state index is 12.0. The van der Waals surface area contributed by atoms with Crippen LogP contribution in [-0.2, 0) is 11.3 Å². The molecule has 1 aromatic heterocycles. The maximum atomic E-state index is 12.0. The molecule has 1 N–H and O–H groups in total. The molecule has 0 saturated heterocycles. The van der Waals surface area contributed by atoms with Gasteiger partial charge in [0.2, 0.25) is 5.91 Å². The van der Waals surface area contributed by atoms with E-state index in [1.807, 2.05) is 42.5 Å². The number of fused-ring (bicyclic) bond motifs is 1. The van der Waals surface area contributed by atoms with Gasteiger partial charge in [0.05, 0.1) is 11.5 Å². The number of benzene rings is 3. The smallest absolute Gasteiger partial charge is 0.269 e. The molecule has 0 aliphatic carbocycles. The van der Waals surface area contributed by atoms with E-state index in [9.17, 15) is 14.9 Å². The van der Waals surface area contributed by atoms with Gasteiger partial charge >= 0.3 is 0 Å². The van der Waals surface area contributed by atoms with Crippen LogP contribution in [0.1, 0.15) is 11.3 Å². The normalized spacial score (nSPS) is 11.1. The lowest BCUT2D eigenvalue weighted by atomic mass is 10.1. The van der Waals surface area contributed by atoms with Crippen LogP contribution in [0.5, 0.6) is 0 Å². The van der Waals surface area contributed by atoms with Crippen molar-refractivity contribution in [3.05, 3.63) is 100 Å². The van der Waals surface area contributed by atoms with Crippen molar-refractivity contribution in [1.82, 2.24) is 10.5 Å². The highest BCUT2D eigenvalue weighted by molar-refractivity contribution is 5.91. The topological polar surface area (TPSA) is 98.3 Å². The number of amides is 1. The third-order valence-electron chi connectivity index (χ3n) is 4.57. The lowest BCUT2D eigenvalue weighted by molar-refractivity contribution is -0.384. The zero-order chi connectivity index (χ0) is 20.9. The highest BCUT2D eigenvalue weighted by atomic mass is 16.6. The van der Waals surface area contributed by atoms with Gasteiger partial charge in [-0.3, -0.25) is 14.9 Å². The van der Waals surface area contributed by atoms with Gasteiger partial charge in [-0.25, -0.2) is 0 Å². The number of nitrogens with zero attached hydrogens (tertiary/aromatic N) is 2. The number of nitrogens with one attached hydrogen (secondary N) is 1. The van der Waals surface area contributed by atoms with Crippen LogP contribution in [0.2, 0.25) is 0 Å². The molecule has 4 rings (SSSR count). The van der Waals surface area contributed by atoms with E-state index in [2.05, 4.69) is 10.5 Å². The van der Waals surface area contributed by atoms with Gasteiger partial charge in [0.25, 0.3) is 5.69 Å². The number of non-ortho nitro benzene ring substituents is 1. The molecular formula is C23H17N3O4. The van der Waals surface area contributed by atoms with Crippen LogP contribution in [0.3, 0.4) is 0 Å². The molecule has 0 aliphatic heterocycles. The number of aromatic nitrogens is 1. The molecule has 1 heterocycles. The number of hydrogen-bond acceptors (Lipinski definition) is 5. The first-order valence-corrected chi connectivity index (χ1v) is 9.24. The van der Waals surface area contributed by atoms with Crippen molar-refractivity contribution in [2.75, 3.05) is 0 Å². The minimum Gasteiger partial charge on any atom is -0.356 e. The maximum Gasteiger partial charge on any atom is 0.269 e. The fraction of sp³-hybridized carbons (Fsp3) is 0.0435. The van der Waals surface area contributed by atoms with Crippen LogP contribution < -0.4 is 5.32 Å². The summed E-state index contributed by atoms with van der Waals surface area (Å²) >= 11 is 0. The SMILES string of the molecule is O=C(/C=C\c1ccc([N+](=O)[O-])cc1)NCc1cc(-c2ccc3ccccc3c2)on1. The number of carbonyl (C=O) groups is 1. The van der Waals surface area contributed by atoms with Gasteiger partial charge in [0, 0.05) is 29.8 Å². The number of carbonyl (C=O) groups excluding carboxylic acids is 1. The number of rotatable bonds is 6. The van der Waals surface area contributed by atoms with E-state index in [0.29, 0.717) is 17.0 Å². The number of nitro groups is 1. The van der Waals surface area contributed by atoms with Gasteiger partial charge in [-0.2, -0.15) is 0 Å². The average molecular weight is 399 g/mol. The Morgan fingerprint density at radius 2 is 1.80 bits per heavy atom. The van der Waals surface area contributed by atoms with Crippen LogP contribution in [0.25, 0.3) is 28.2 Å². The zero-order valence-corrected chi connectivity index (χ0v) is 15.8. The Labute approximate surface area is 171 Å². The fourth-order valence-corrected chi connectivity index (χ4v) is 2.99. The Balaban J connectivity index is 1.36. The van der Waals surface area contributed by atoms with Crippen molar-refractivity contribution in [2.24, 2.45) is 0 Å². The van der Waals surface area contributed by atoms with Gasteiger partial charge in [-0.15, -0.1) is 0 Å². The Bertz CT molecular complexity index is 1240. The summed E-state index contributed by atoms with van der Waals surface area (Å²) < 4.78 is 5.42. The first-order chi connectivity index (χ1) is 14.6. The van der Waals surface area contributed by atoms with E-state index in [4.69, 9.17) is 4.52 Å². The highest BCUT2D eigenvalue weighted by Gasteiger charge is 2.08. The molecule has 1 amide bonds. The Hall–Kier alpha value is -4.26. The third kappa shape index (κ3) is 4.41. The summed E-state index contributed by atoms with van der Waals surface area (Å²) in [5.41, 5.74) is 2.22. The largest absolute Gasteiger partial charge is 0.356 e. The monoisotopic (exact) mass is 399 g/mol.